The molecular weight excluding hydrogens is 311 g/mol. The van der Waals surface area contributed by atoms with E-state index in [1.807, 2.05) is 0 Å². The Morgan fingerprint density at radius 2 is 2.33 bits per heavy atom. The van der Waals surface area contributed by atoms with Gasteiger partial charge in [0, 0.05) is 18.7 Å². The molecule has 1 aromatic heterocycles. The van der Waals surface area contributed by atoms with Crippen LogP contribution >= 0.6 is 0 Å². The lowest BCUT2D eigenvalue weighted by Gasteiger charge is -2.31. The molecular formula is C17H23FN4O2. The lowest BCUT2D eigenvalue weighted by Crippen LogP contribution is -2.43. The first kappa shape index (κ1) is 15.8. The molecule has 0 radical (unpaired) electrons. The number of aromatic nitrogens is 2. The Hall–Kier alpha value is -1.73. The van der Waals surface area contributed by atoms with Crippen LogP contribution < -0.4 is 14.8 Å². The van der Waals surface area contributed by atoms with Crippen LogP contribution in [0.1, 0.15) is 30.5 Å². The summed E-state index contributed by atoms with van der Waals surface area (Å²) in [6.45, 7) is 3.80. The molecule has 0 aliphatic carbocycles. The number of fused-ring (bicyclic) bond motifs is 2. The highest BCUT2D eigenvalue weighted by atomic mass is 19.1. The third-order valence-corrected chi connectivity index (χ3v) is 5.39. The summed E-state index contributed by atoms with van der Waals surface area (Å²) in [6.07, 6.45) is 4.49. The summed E-state index contributed by atoms with van der Waals surface area (Å²) in [5.41, 5.74) is 2.75. The van der Waals surface area contributed by atoms with Crippen LogP contribution in [0.2, 0.25) is 0 Å². The molecule has 3 aliphatic rings. The van der Waals surface area contributed by atoms with Crippen LogP contribution in [0.4, 0.5) is 4.39 Å². The lowest BCUT2D eigenvalue weighted by molar-refractivity contribution is 0.106. The number of nitrogens with one attached hydrogen (secondary N) is 1. The lowest BCUT2D eigenvalue weighted by atomic mass is 9.94. The van der Waals surface area contributed by atoms with Gasteiger partial charge >= 0.3 is 6.01 Å². The van der Waals surface area contributed by atoms with Crippen LogP contribution in [0.5, 0.6) is 11.9 Å². The van der Waals surface area contributed by atoms with E-state index >= 15 is 0 Å². The summed E-state index contributed by atoms with van der Waals surface area (Å²) in [4.78, 5) is 11.3. The molecule has 1 aromatic rings. The molecule has 7 heteroatoms. The predicted molar refractivity (Wildman–Crippen MR) is 86.8 cm³/mol. The average Bonchev–Trinajstić information content (AvgIpc) is 3.16. The molecule has 1 N–H and O–H groups in total. The van der Waals surface area contributed by atoms with Gasteiger partial charge in [0.1, 0.15) is 6.61 Å². The van der Waals surface area contributed by atoms with Gasteiger partial charge in [-0.3, -0.25) is 4.90 Å². The van der Waals surface area contributed by atoms with Crippen molar-refractivity contribution >= 4 is 0 Å². The van der Waals surface area contributed by atoms with Gasteiger partial charge in [0.15, 0.2) is 0 Å². The molecule has 0 aromatic carbocycles. The minimum Gasteiger partial charge on any atom is -0.481 e. The monoisotopic (exact) mass is 334 g/mol. The quantitative estimate of drug-likeness (QED) is 0.903. The van der Waals surface area contributed by atoms with Gasteiger partial charge in [0.05, 0.1) is 24.7 Å². The first-order chi connectivity index (χ1) is 11.7. The van der Waals surface area contributed by atoms with Crippen molar-refractivity contribution in [2.75, 3.05) is 33.4 Å². The maximum atomic E-state index is 12.9. The first-order valence-electron chi connectivity index (χ1n) is 8.54. The SMILES string of the molecule is COc1nc(OC[C@@]23CCCN2C/C(=C\F)C3)nc2c1CCNC2. The average molecular weight is 334 g/mol. The van der Waals surface area contributed by atoms with Gasteiger partial charge in [-0.2, -0.15) is 9.97 Å². The molecule has 24 heavy (non-hydrogen) atoms. The molecule has 4 heterocycles. The molecule has 4 rings (SSSR count). The van der Waals surface area contributed by atoms with Crippen molar-refractivity contribution < 1.29 is 13.9 Å². The minimum absolute atomic E-state index is 0.108. The molecule has 0 bridgehead atoms. The molecule has 2 fully saturated rings. The standard InChI is InChI=1S/C17H23FN4O2/c1-23-15-13-3-5-19-9-14(13)20-16(21-15)24-11-17-4-2-6-22(17)10-12(7-17)8-18/h8,19H,2-7,9-11H2,1H3/b12-8-/t17-/m0/s1. The molecule has 0 spiro atoms. The van der Waals surface area contributed by atoms with E-state index in [1.165, 1.54) is 0 Å². The molecule has 3 aliphatic heterocycles. The van der Waals surface area contributed by atoms with Gasteiger partial charge in [0.25, 0.3) is 0 Å². The maximum absolute atomic E-state index is 12.9. The number of nitrogens with zero attached hydrogens (tertiary/aromatic N) is 3. The van der Waals surface area contributed by atoms with Crippen LogP contribution in [0.15, 0.2) is 11.9 Å². The summed E-state index contributed by atoms with van der Waals surface area (Å²) in [7, 11) is 1.63. The van der Waals surface area contributed by atoms with Gasteiger partial charge in [0.2, 0.25) is 5.88 Å². The van der Waals surface area contributed by atoms with Crippen molar-refractivity contribution in [2.24, 2.45) is 0 Å². The van der Waals surface area contributed by atoms with Crippen molar-refractivity contribution in [3.8, 4) is 11.9 Å². The summed E-state index contributed by atoms with van der Waals surface area (Å²) in [5.74, 6) is 0.605. The van der Waals surface area contributed by atoms with E-state index in [0.29, 0.717) is 31.6 Å². The fraction of sp³-hybridized carbons (Fsp3) is 0.647. The second-order valence-electron chi connectivity index (χ2n) is 6.85. The molecule has 0 unspecified atom stereocenters. The Balaban J connectivity index is 1.53. The smallest absolute Gasteiger partial charge is 0.320 e. The molecule has 0 saturated carbocycles. The molecule has 2 saturated heterocycles. The topological polar surface area (TPSA) is 59.5 Å². The van der Waals surface area contributed by atoms with E-state index < -0.39 is 0 Å². The Morgan fingerprint density at radius 3 is 3.17 bits per heavy atom. The van der Waals surface area contributed by atoms with Crippen molar-refractivity contribution in [3.63, 3.8) is 0 Å². The van der Waals surface area contributed by atoms with E-state index in [9.17, 15) is 4.39 Å². The van der Waals surface area contributed by atoms with E-state index in [2.05, 4.69) is 20.2 Å². The summed E-state index contributed by atoms with van der Waals surface area (Å²) in [5, 5.41) is 3.31. The van der Waals surface area contributed by atoms with Crippen molar-refractivity contribution in [1.82, 2.24) is 20.2 Å². The summed E-state index contributed by atoms with van der Waals surface area (Å²) >= 11 is 0. The van der Waals surface area contributed by atoms with Crippen molar-refractivity contribution in [3.05, 3.63) is 23.2 Å². The van der Waals surface area contributed by atoms with Crippen LogP contribution in [-0.2, 0) is 13.0 Å². The first-order valence-corrected chi connectivity index (χ1v) is 8.54. The molecule has 6 nitrogen and oxygen atoms in total. The third-order valence-electron chi connectivity index (χ3n) is 5.39. The van der Waals surface area contributed by atoms with Gasteiger partial charge in [-0.1, -0.05) is 0 Å². The van der Waals surface area contributed by atoms with Gasteiger partial charge in [-0.05, 0) is 44.3 Å². The summed E-state index contributed by atoms with van der Waals surface area (Å²) < 4.78 is 24.3. The predicted octanol–water partition coefficient (Wildman–Crippen LogP) is 1.60. The second-order valence-corrected chi connectivity index (χ2v) is 6.85. The second kappa shape index (κ2) is 6.29. The largest absolute Gasteiger partial charge is 0.481 e. The zero-order valence-electron chi connectivity index (χ0n) is 14.0. The van der Waals surface area contributed by atoms with E-state index in [-0.39, 0.29) is 5.54 Å². The van der Waals surface area contributed by atoms with E-state index in [0.717, 1.165) is 61.9 Å². The normalized spacial score (nSPS) is 28.0. The number of halogens is 1. The van der Waals surface area contributed by atoms with Crippen molar-refractivity contribution in [2.45, 2.75) is 37.8 Å². The highest BCUT2D eigenvalue weighted by Crippen LogP contribution is 2.41. The number of methoxy groups -OCH3 is 1. The fourth-order valence-corrected chi connectivity index (χ4v) is 4.19. The molecule has 1 atom stereocenters. The van der Waals surface area contributed by atoms with Crippen LogP contribution in [0.3, 0.4) is 0 Å². The maximum Gasteiger partial charge on any atom is 0.320 e. The number of hydrogen-bond acceptors (Lipinski definition) is 6. The zero-order valence-corrected chi connectivity index (χ0v) is 14.0. The van der Waals surface area contributed by atoms with Crippen LogP contribution in [-0.4, -0.2) is 53.8 Å². The summed E-state index contributed by atoms with van der Waals surface area (Å²) in [6, 6.07) is 0.355. The Kier molecular flexibility index (Phi) is 4.14. The highest BCUT2D eigenvalue weighted by molar-refractivity contribution is 5.34. The molecule has 0 amide bonds. The zero-order chi connectivity index (χ0) is 16.6. The number of hydrogen-bond donors (Lipinski definition) is 1. The Bertz CT molecular complexity index is 649. The van der Waals surface area contributed by atoms with Crippen LogP contribution in [0, 0.1) is 0 Å². The van der Waals surface area contributed by atoms with Gasteiger partial charge in [-0.15, -0.1) is 0 Å². The van der Waals surface area contributed by atoms with E-state index in [4.69, 9.17) is 9.47 Å². The van der Waals surface area contributed by atoms with Crippen LogP contribution in [0.25, 0.3) is 0 Å². The minimum atomic E-state index is -0.108. The number of ether oxygens (including phenoxy) is 2. The van der Waals surface area contributed by atoms with Crippen molar-refractivity contribution in [1.29, 1.82) is 0 Å². The Morgan fingerprint density at radius 1 is 1.42 bits per heavy atom. The third kappa shape index (κ3) is 2.65. The fourth-order valence-electron chi connectivity index (χ4n) is 4.19. The highest BCUT2D eigenvalue weighted by Gasteiger charge is 2.47. The Labute approximate surface area is 141 Å². The van der Waals surface area contributed by atoms with E-state index in [1.54, 1.807) is 7.11 Å². The van der Waals surface area contributed by atoms with Gasteiger partial charge in [-0.25, -0.2) is 4.39 Å². The molecule has 130 valence electrons. The van der Waals surface area contributed by atoms with Gasteiger partial charge < -0.3 is 14.8 Å². The number of rotatable bonds is 4.